The molecule has 1 unspecified atom stereocenters. The number of anilines is 1. The molecule has 9 nitrogen and oxygen atoms in total. The number of hydrogen-bond acceptors (Lipinski definition) is 7. The van der Waals surface area contributed by atoms with Crippen molar-refractivity contribution >= 4 is 29.5 Å². The smallest absolute Gasteiger partial charge is 0.263 e. The van der Waals surface area contributed by atoms with Crippen LogP contribution in [0.4, 0.5) is 5.95 Å². The Morgan fingerprint density at radius 3 is 2.64 bits per heavy atom. The molecule has 28 heavy (non-hydrogen) atoms. The summed E-state index contributed by atoms with van der Waals surface area (Å²) in [5.74, 6) is 1.06. The molecule has 3 rings (SSSR count). The first-order valence-corrected chi connectivity index (χ1v) is 10.1. The second-order valence-electron chi connectivity index (χ2n) is 6.42. The molecule has 0 aliphatic carbocycles. The fourth-order valence-electron chi connectivity index (χ4n) is 2.94. The fraction of sp³-hybridized carbons (Fsp3) is 0.444. The minimum atomic E-state index is -0.573. The summed E-state index contributed by atoms with van der Waals surface area (Å²) >= 11 is 1.24. The van der Waals surface area contributed by atoms with Crippen LogP contribution in [0.25, 0.3) is 0 Å². The van der Waals surface area contributed by atoms with Crippen LogP contribution in [0, 0.1) is 0 Å². The first kappa shape index (κ1) is 20.0. The zero-order valence-electron chi connectivity index (χ0n) is 15.7. The molecule has 10 heteroatoms. The van der Waals surface area contributed by atoms with Crippen molar-refractivity contribution in [3.63, 3.8) is 0 Å². The van der Waals surface area contributed by atoms with Gasteiger partial charge in [-0.15, -0.1) is 5.10 Å². The van der Waals surface area contributed by atoms with E-state index in [-0.39, 0.29) is 23.5 Å². The number of H-pyrrole nitrogens is 1. The third-order valence-corrected chi connectivity index (χ3v) is 5.20. The maximum Gasteiger partial charge on any atom is 0.263 e. The van der Waals surface area contributed by atoms with E-state index in [1.807, 2.05) is 30.3 Å². The van der Waals surface area contributed by atoms with Gasteiger partial charge in [-0.1, -0.05) is 30.0 Å². The summed E-state index contributed by atoms with van der Waals surface area (Å²) in [7, 11) is 0. The van der Waals surface area contributed by atoms with E-state index in [0.29, 0.717) is 37.1 Å². The quantitative estimate of drug-likeness (QED) is 0.690. The van der Waals surface area contributed by atoms with Crippen LogP contribution in [-0.2, 0) is 9.59 Å². The van der Waals surface area contributed by atoms with Crippen molar-refractivity contribution in [1.82, 2.24) is 25.0 Å². The van der Waals surface area contributed by atoms with Gasteiger partial charge >= 0.3 is 0 Å². The molecule has 1 aliphatic rings. The van der Waals surface area contributed by atoms with Gasteiger partial charge in [0.2, 0.25) is 17.0 Å². The highest BCUT2D eigenvalue weighted by Gasteiger charge is 2.26. The van der Waals surface area contributed by atoms with Gasteiger partial charge in [0, 0.05) is 26.2 Å². The molecule has 1 fully saturated rings. The molecule has 0 radical (unpaired) electrons. The number of carbonyl (C=O) groups excluding carboxylic acids is 2. The van der Waals surface area contributed by atoms with Gasteiger partial charge in [0.05, 0.1) is 5.75 Å². The van der Waals surface area contributed by atoms with E-state index in [1.165, 1.54) is 11.8 Å². The van der Waals surface area contributed by atoms with Crippen LogP contribution in [0.3, 0.4) is 0 Å². The van der Waals surface area contributed by atoms with Crippen LogP contribution in [0.1, 0.15) is 13.3 Å². The van der Waals surface area contributed by atoms with E-state index in [1.54, 1.807) is 16.7 Å². The number of nitrogens with one attached hydrogen (secondary N) is 1. The first-order chi connectivity index (χ1) is 13.5. The molecular formula is C18H24N6O3S. The molecule has 1 saturated heterocycles. The van der Waals surface area contributed by atoms with Gasteiger partial charge in [-0.05, 0) is 25.5 Å². The fourth-order valence-corrected chi connectivity index (χ4v) is 3.65. The Balaban J connectivity index is 1.48. The van der Waals surface area contributed by atoms with Gasteiger partial charge in [-0.3, -0.25) is 9.59 Å². The number of amides is 2. The largest absolute Gasteiger partial charge is 0.481 e. The summed E-state index contributed by atoms with van der Waals surface area (Å²) in [4.78, 5) is 32.7. The van der Waals surface area contributed by atoms with Gasteiger partial charge < -0.3 is 20.3 Å². The van der Waals surface area contributed by atoms with Gasteiger partial charge in [-0.25, -0.2) is 5.10 Å². The summed E-state index contributed by atoms with van der Waals surface area (Å²) in [6.45, 7) is 3.97. The van der Waals surface area contributed by atoms with E-state index in [9.17, 15) is 9.59 Å². The third kappa shape index (κ3) is 5.38. The van der Waals surface area contributed by atoms with Crippen LogP contribution < -0.4 is 10.5 Å². The number of aromatic nitrogens is 3. The number of para-hydroxylation sites is 1. The first-order valence-electron chi connectivity index (χ1n) is 9.12. The van der Waals surface area contributed by atoms with E-state index >= 15 is 0 Å². The maximum absolute atomic E-state index is 12.7. The number of nitrogens with two attached hydrogens (primary N) is 1. The molecule has 0 bridgehead atoms. The average molecular weight is 404 g/mol. The zero-order valence-corrected chi connectivity index (χ0v) is 16.5. The lowest BCUT2D eigenvalue weighted by atomic mass is 10.3. The predicted octanol–water partition coefficient (Wildman–Crippen LogP) is 1.01. The van der Waals surface area contributed by atoms with Crippen molar-refractivity contribution in [2.24, 2.45) is 0 Å². The molecule has 1 aromatic carbocycles. The summed E-state index contributed by atoms with van der Waals surface area (Å²) in [6.07, 6.45) is 0.157. The topological polar surface area (TPSA) is 117 Å². The Hall–Kier alpha value is -2.75. The summed E-state index contributed by atoms with van der Waals surface area (Å²) < 4.78 is 5.73. The highest BCUT2D eigenvalue weighted by Crippen LogP contribution is 2.16. The zero-order chi connectivity index (χ0) is 19.9. The number of hydrogen-bond donors (Lipinski definition) is 2. The monoisotopic (exact) mass is 404 g/mol. The van der Waals surface area contributed by atoms with Gasteiger partial charge in [0.25, 0.3) is 5.91 Å². The van der Waals surface area contributed by atoms with Crippen LogP contribution in [0.5, 0.6) is 5.75 Å². The molecule has 150 valence electrons. The molecule has 0 saturated carbocycles. The number of ether oxygens (including phenoxy) is 1. The van der Waals surface area contributed by atoms with Crippen molar-refractivity contribution in [2.45, 2.75) is 24.6 Å². The summed E-state index contributed by atoms with van der Waals surface area (Å²) in [5.41, 5.74) is 5.48. The lowest BCUT2D eigenvalue weighted by molar-refractivity contribution is -0.138. The third-order valence-electron chi connectivity index (χ3n) is 4.37. The number of aromatic amines is 1. The minimum Gasteiger partial charge on any atom is -0.481 e. The lowest BCUT2D eigenvalue weighted by Gasteiger charge is -2.25. The second kappa shape index (κ2) is 9.45. The molecular weight excluding hydrogens is 380 g/mol. The Bertz CT molecular complexity index is 800. The molecule has 0 spiro atoms. The number of nitrogens with zero attached hydrogens (tertiary/aromatic N) is 4. The number of rotatable bonds is 6. The van der Waals surface area contributed by atoms with E-state index < -0.39 is 6.10 Å². The maximum atomic E-state index is 12.7. The van der Waals surface area contributed by atoms with Gasteiger partial charge in [0.15, 0.2) is 6.10 Å². The Labute approximate surface area is 167 Å². The Kier molecular flexibility index (Phi) is 6.75. The number of carbonyl (C=O) groups is 2. The van der Waals surface area contributed by atoms with Crippen molar-refractivity contribution in [3.8, 4) is 5.75 Å². The van der Waals surface area contributed by atoms with Crippen LogP contribution in [0.2, 0.25) is 0 Å². The van der Waals surface area contributed by atoms with Crippen molar-refractivity contribution in [2.75, 3.05) is 37.7 Å². The lowest BCUT2D eigenvalue weighted by Crippen LogP contribution is -2.43. The van der Waals surface area contributed by atoms with Crippen LogP contribution in [-0.4, -0.2) is 74.8 Å². The molecule has 2 heterocycles. The Morgan fingerprint density at radius 2 is 1.93 bits per heavy atom. The number of benzene rings is 1. The molecule has 3 N–H and O–H groups in total. The van der Waals surface area contributed by atoms with E-state index in [2.05, 4.69) is 15.2 Å². The SMILES string of the molecule is CC(Oc1ccccc1)C(=O)N1CCCN(C(=O)CSc2n[nH]c(N)n2)CC1. The van der Waals surface area contributed by atoms with Crippen LogP contribution in [0.15, 0.2) is 35.5 Å². The molecule has 1 aromatic heterocycles. The van der Waals surface area contributed by atoms with Crippen molar-refractivity contribution in [1.29, 1.82) is 0 Å². The average Bonchev–Trinajstić information content (AvgIpc) is 2.97. The number of nitrogen functional groups attached to an aromatic ring is 1. The second-order valence-corrected chi connectivity index (χ2v) is 7.37. The standard InChI is InChI=1S/C18H24N6O3S/c1-13(27-14-6-3-2-4-7-14)16(26)24-9-5-8-23(10-11-24)15(25)12-28-18-20-17(19)21-22-18/h2-4,6-7,13H,5,8-12H2,1H3,(H3,19,20,21,22). The van der Waals surface area contributed by atoms with E-state index in [0.717, 1.165) is 6.42 Å². The molecule has 2 aromatic rings. The van der Waals surface area contributed by atoms with Crippen LogP contribution >= 0.6 is 11.8 Å². The highest BCUT2D eigenvalue weighted by molar-refractivity contribution is 7.99. The Morgan fingerprint density at radius 1 is 1.21 bits per heavy atom. The summed E-state index contributed by atoms with van der Waals surface area (Å²) in [5, 5.41) is 6.90. The summed E-state index contributed by atoms with van der Waals surface area (Å²) in [6, 6.07) is 9.28. The molecule has 1 atom stereocenters. The highest BCUT2D eigenvalue weighted by atomic mass is 32.2. The minimum absolute atomic E-state index is 0.00347. The van der Waals surface area contributed by atoms with E-state index in [4.69, 9.17) is 10.5 Å². The van der Waals surface area contributed by atoms with Gasteiger partial charge in [-0.2, -0.15) is 4.98 Å². The molecule has 1 aliphatic heterocycles. The normalized spacial score (nSPS) is 15.8. The number of thioether (sulfide) groups is 1. The predicted molar refractivity (Wildman–Crippen MR) is 106 cm³/mol. The molecule has 2 amide bonds. The van der Waals surface area contributed by atoms with Gasteiger partial charge in [0.1, 0.15) is 5.75 Å². The van der Waals surface area contributed by atoms with Crippen molar-refractivity contribution < 1.29 is 14.3 Å². The van der Waals surface area contributed by atoms with Crippen molar-refractivity contribution in [3.05, 3.63) is 30.3 Å².